The van der Waals surface area contributed by atoms with Crippen LogP contribution in [0.25, 0.3) is 0 Å². The molecule has 0 saturated carbocycles. The Hall–Kier alpha value is -0.713. The van der Waals surface area contributed by atoms with Gasteiger partial charge in [0.25, 0.3) is 0 Å². The third-order valence-corrected chi connectivity index (χ3v) is 3.82. The van der Waals surface area contributed by atoms with Crippen LogP contribution in [-0.2, 0) is 4.74 Å². The van der Waals surface area contributed by atoms with Crippen molar-refractivity contribution in [2.75, 3.05) is 6.61 Å². The Morgan fingerprint density at radius 1 is 1.32 bits per heavy atom. The molecule has 22 heavy (non-hydrogen) atoms. The summed E-state index contributed by atoms with van der Waals surface area (Å²) in [5.74, 6) is 1.36. The molecule has 0 aromatic heterocycles. The Labute approximate surface area is 146 Å². The molecule has 0 N–H and O–H groups in total. The van der Waals surface area contributed by atoms with Gasteiger partial charge in [0, 0.05) is 5.56 Å². The monoisotopic (exact) mass is 295 g/mol. The Morgan fingerprint density at radius 3 is 2.36 bits per heavy atom. The number of aliphatic imine (C=N–C) groups is 1. The molecular formula is C19H30LiNO. The Morgan fingerprint density at radius 2 is 2.00 bits per heavy atom. The number of ether oxygens (including phenoxy) is 1. The van der Waals surface area contributed by atoms with Crippen LogP contribution in [0.2, 0.25) is 5.09 Å². The maximum atomic E-state index is 5.69. The first kappa shape index (κ1) is 19.3. The van der Waals surface area contributed by atoms with E-state index in [1.165, 1.54) is 29.1 Å². The predicted octanol–water partition coefficient (Wildman–Crippen LogP) is 5.05. The van der Waals surface area contributed by atoms with E-state index in [-0.39, 0.29) is 5.54 Å². The van der Waals surface area contributed by atoms with Crippen molar-refractivity contribution in [2.45, 2.75) is 70.9 Å². The molecule has 0 spiro atoms. The van der Waals surface area contributed by atoms with Crippen LogP contribution in [0.1, 0.15) is 70.1 Å². The molecule has 1 heterocycles. The van der Waals surface area contributed by atoms with Crippen LogP contribution < -0.4 is 0 Å². The molecule has 0 atom stereocenters. The van der Waals surface area contributed by atoms with E-state index in [0.29, 0.717) is 12.5 Å². The molecule has 0 bridgehead atoms. The van der Waals surface area contributed by atoms with Gasteiger partial charge in [0.1, 0.15) is 6.61 Å². The molecular weight excluding hydrogens is 265 g/mol. The summed E-state index contributed by atoms with van der Waals surface area (Å²) in [6.07, 6.45) is 2.73. The van der Waals surface area contributed by atoms with Crippen LogP contribution >= 0.6 is 0 Å². The van der Waals surface area contributed by atoms with E-state index < -0.39 is 0 Å². The first-order valence-electron chi connectivity index (χ1n) is 8.64. The summed E-state index contributed by atoms with van der Waals surface area (Å²) in [6.45, 7) is 13.6. The summed E-state index contributed by atoms with van der Waals surface area (Å²) in [5, 5.41) is 1.34. The van der Waals surface area contributed by atoms with Crippen LogP contribution in [0.15, 0.2) is 23.2 Å². The van der Waals surface area contributed by atoms with Crippen molar-refractivity contribution in [3.63, 3.8) is 0 Å². The Bertz CT molecular complexity index is 504. The summed E-state index contributed by atoms with van der Waals surface area (Å²) in [7, 11) is 0. The van der Waals surface area contributed by atoms with E-state index in [9.17, 15) is 0 Å². The van der Waals surface area contributed by atoms with Crippen molar-refractivity contribution in [1.29, 1.82) is 0 Å². The fraction of sp³-hybridized carbons (Fsp3) is 0.632. The molecule has 1 aliphatic heterocycles. The van der Waals surface area contributed by atoms with Crippen molar-refractivity contribution in [2.24, 2.45) is 4.99 Å². The molecule has 0 amide bonds. The first-order chi connectivity index (χ1) is 10.3. The summed E-state index contributed by atoms with van der Waals surface area (Å²) in [6, 6.07) is 6.53. The van der Waals surface area contributed by atoms with Crippen LogP contribution in [0.3, 0.4) is 0 Å². The molecule has 0 aliphatic carbocycles. The van der Waals surface area contributed by atoms with Gasteiger partial charge in [0.2, 0.25) is 5.90 Å². The molecule has 2 nitrogen and oxygen atoms in total. The van der Waals surface area contributed by atoms with E-state index in [0.717, 1.165) is 11.5 Å². The van der Waals surface area contributed by atoms with Gasteiger partial charge in [-0.05, 0) is 43.9 Å². The number of rotatable bonds is 4. The van der Waals surface area contributed by atoms with Crippen molar-refractivity contribution in [1.82, 2.24) is 0 Å². The minimum absolute atomic E-state index is 0.0848. The van der Waals surface area contributed by atoms with Crippen LogP contribution in [-0.4, -0.2) is 35.8 Å². The number of hydrogen-bond donors (Lipinski definition) is 0. The zero-order valence-corrected chi connectivity index (χ0v) is 15.5. The molecule has 0 unspecified atom stereocenters. The van der Waals surface area contributed by atoms with E-state index in [1.54, 1.807) is 0 Å². The van der Waals surface area contributed by atoms with Crippen LogP contribution in [0, 0.1) is 6.92 Å². The molecule has 1 aliphatic rings. The fourth-order valence-electron chi connectivity index (χ4n) is 2.36. The molecule has 2 rings (SSSR count). The Kier molecular flexibility index (Phi) is 7.73. The molecule has 0 fully saturated rings. The van der Waals surface area contributed by atoms with Gasteiger partial charge < -0.3 is 4.74 Å². The molecule has 0 radical (unpaired) electrons. The third-order valence-electron chi connectivity index (χ3n) is 3.82. The number of benzene rings is 1. The van der Waals surface area contributed by atoms with Gasteiger partial charge in [-0.1, -0.05) is 26.0 Å². The predicted molar refractivity (Wildman–Crippen MR) is 97.3 cm³/mol. The van der Waals surface area contributed by atoms with Crippen molar-refractivity contribution in [3.8, 4) is 0 Å². The molecule has 3 heteroatoms. The average Bonchev–Trinajstić information content (AvgIpc) is 2.80. The van der Waals surface area contributed by atoms with Gasteiger partial charge in [0.15, 0.2) is 0 Å². The summed E-state index contributed by atoms with van der Waals surface area (Å²) < 4.78 is 5.69. The van der Waals surface area contributed by atoms with E-state index in [1.807, 2.05) is 0 Å². The third kappa shape index (κ3) is 5.82. The number of aryl methyl sites for hydroxylation is 1. The van der Waals surface area contributed by atoms with Crippen LogP contribution in [0.5, 0.6) is 0 Å². The number of unbranched alkanes of at least 4 members (excludes halogenated alkanes) is 1. The molecule has 1 aromatic carbocycles. The van der Waals surface area contributed by atoms with Crippen molar-refractivity contribution >= 4 is 23.6 Å². The molecule has 118 valence electrons. The fourth-order valence-corrected chi connectivity index (χ4v) is 2.36. The van der Waals surface area contributed by atoms with Gasteiger partial charge in [0.05, 0.1) is 5.54 Å². The number of nitrogens with zero attached hydrogens (tertiary/aromatic N) is 1. The minimum atomic E-state index is -0.0848. The molecule has 1 aromatic rings. The second kappa shape index (κ2) is 8.80. The Balaban J connectivity index is 0.000000422. The zero-order chi connectivity index (χ0) is 16.8. The zero-order valence-electron chi connectivity index (χ0n) is 15.5. The standard InChI is InChI=1S/C15H21NO.C4H9.Li/c1-10(2)12-6-7-13(11(3)8-12)14-16-15(4,5)9-17-14;1-3-4-2;/h6-8,10H,9H2,1-5H3;1,3-4H2,2H3;. The van der Waals surface area contributed by atoms with Gasteiger partial charge in [-0.15, -0.1) is 0 Å². The summed E-state index contributed by atoms with van der Waals surface area (Å²) >= 11 is 2.21. The van der Waals surface area contributed by atoms with Gasteiger partial charge in [-0.25, -0.2) is 4.99 Å². The van der Waals surface area contributed by atoms with Crippen molar-refractivity contribution in [3.05, 3.63) is 34.9 Å². The molecule has 0 saturated heterocycles. The first-order valence-corrected chi connectivity index (χ1v) is 8.64. The van der Waals surface area contributed by atoms with E-state index in [2.05, 4.69) is 82.4 Å². The van der Waals surface area contributed by atoms with Crippen molar-refractivity contribution < 1.29 is 4.74 Å². The average molecular weight is 295 g/mol. The topological polar surface area (TPSA) is 21.6 Å². The number of hydrogen-bond acceptors (Lipinski definition) is 2. The summed E-state index contributed by atoms with van der Waals surface area (Å²) in [5.41, 5.74) is 3.65. The van der Waals surface area contributed by atoms with Gasteiger partial charge >= 0.3 is 42.6 Å². The van der Waals surface area contributed by atoms with Gasteiger partial charge in [-0.3, -0.25) is 0 Å². The van der Waals surface area contributed by atoms with Gasteiger partial charge in [-0.2, -0.15) is 0 Å². The normalized spacial score (nSPS) is 16.0. The van der Waals surface area contributed by atoms with E-state index in [4.69, 9.17) is 4.74 Å². The SMILES string of the molecule is Cc1cc(C(C)C)ccc1C1=NC(C)(C)CO1.[Li][CH2]CCC. The van der Waals surface area contributed by atoms with Crippen LogP contribution in [0.4, 0.5) is 0 Å². The second-order valence-electron chi connectivity index (χ2n) is 7.10. The summed E-state index contributed by atoms with van der Waals surface area (Å²) in [4.78, 5) is 4.62. The van der Waals surface area contributed by atoms with E-state index >= 15 is 0 Å². The quantitative estimate of drug-likeness (QED) is 0.712. The maximum absolute atomic E-state index is 5.69. The second-order valence-corrected chi connectivity index (χ2v) is 7.10.